The van der Waals surface area contributed by atoms with Crippen molar-refractivity contribution in [3.8, 4) is 0 Å². The fourth-order valence-electron chi connectivity index (χ4n) is 0.638. The van der Waals surface area contributed by atoms with E-state index in [0.717, 1.165) is 6.67 Å². The van der Waals surface area contributed by atoms with Crippen molar-refractivity contribution in [3.63, 3.8) is 0 Å². The quantitative estimate of drug-likeness (QED) is 0.443. The molecule has 2 N–H and O–H groups in total. The van der Waals surface area contributed by atoms with Crippen LogP contribution < -0.4 is 10.6 Å². The Morgan fingerprint density at radius 1 is 1.29 bits per heavy atom. The molecule has 0 aromatic rings. The van der Waals surface area contributed by atoms with Crippen LogP contribution in [-0.4, -0.2) is 25.9 Å². The average molecular weight is 118 g/mol. The Labute approximate surface area is 45.4 Å². The van der Waals surface area contributed by atoms with Gasteiger partial charge in [0.25, 0.3) is 0 Å². The van der Waals surface area contributed by atoms with Crippen molar-refractivity contribution in [1.29, 1.82) is 0 Å². The van der Waals surface area contributed by atoms with Crippen LogP contribution >= 0.6 is 7.92 Å². The third-order valence-corrected chi connectivity index (χ3v) is 2.54. The van der Waals surface area contributed by atoms with Gasteiger partial charge in [-0.1, -0.05) is 7.92 Å². The fourth-order valence-corrected chi connectivity index (χ4v) is 1.74. The molecule has 0 atom stereocenters. The molecule has 0 amide bonds. The van der Waals surface area contributed by atoms with Crippen LogP contribution in [0.25, 0.3) is 0 Å². The van der Waals surface area contributed by atoms with Crippen LogP contribution in [-0.2, 0) is 0 Å². The first-order valence-electron chi connectivity index (χ1n) is 2.49. The highest BCUT2D eigenvalue weighted by Crippen LogP contribution is 2.27. The Balaban J connectivity index is 2.12. The van der Waals surface area contributed by atoms with E-state index in [2.05, 4.69) is 17.3 Å². The summed E-state index contributed by atoms with van der Waals surface area (Å²) in [6.45, 7) is 3.31. The fraction of sp³-hybridized carbons (Fsp3) is 1.00. The number of nitrogens with one attached hydrogen (secondary N) is 2. The highest BCUT2D eigenvalue weighted by atomic mass is 31.1. The standard InChI is InChI=1S/C4H11N2P/c1-7-3-5-2-6-4-7/h5-6H,2-4H2,1H3. The summed E-state index contributed by atoms with van der Waals surface area (Å²) < 4.78 is 0. The van der Waals surface area contributed by atoms with Gasteiger partial charge in [-0.25, -0.2) is 0 Å². The van der Waals surface area contributed by atoms with Crippen molar-refractivity contribution in [2.75, 3.05) is 25.9 Å². The van der Waals surface area contributed by atoms with Crippen LogP contribution in [0.5, 0.6) is 0 Å². The van der Waals surface area contributed by atoms with Gasteiger partial charge in [0.1, 0.15) is 0 Å². The van der Waals surface area contributed by atoms with Gasteiger partial charge in [-0.15, -0.1) is 0 Å². The van der Waals surface area contributed by atoms with E-state index in [4.69, 9.17) is 0 Å². The summed E-state index contributed by atoms with van der Waals surface area (Å²) in [7, 11) is 0.286. The lowest BCUT2D eigenvalue weighted by molar-refractivity contribution is 0.653. The van der Waals surface area contributed by atoms with E-state index in [-0.39, 0.29) is 7.92 Å². The average Bonchev–Trinajstić information content (AvgIpc) is 1.69. The van der Waals surface area contributed by atoms with Crippen LogP contribution in [0.2, 0.25) is 0 Å². The predicted octanol–water partition coefficient (Wildman–Crippen LogP) is 0.163. The summed E-state index contributed by atoms with van der Waals surface area (Å²) >= 11 is 0. The minimum Gasteiger partial charge on any atom is -0.301 e. The Kier molecular flexibility index (Phi) is 2.04. The molecule has 0 aromatic heterocycles. The van der Waals surface area contributed by atoms with Gasteiger partial charge in [0, 0.05) is 19.2 Å². The van der Waals surface area contributed by atoms with Gasteiger partial charge in [0.15, 0.2) is 0 Å². The van der Waals surface area contributed by atoms with Gasteiger partial charge in [0.2, 0.25) is 0 Å². The van der Waals surface area contributed by atoms with Crippen LogP contribution in [0.4, 0.5) is 0 Å². The number of hydrogen-bond acceptors (Lipinski definition) is 2. The summed E-state index contributed by atoms with van der Waals surface area (Å²) in [6, 6.07) is 0. The third kappa shape index (κ3) is 1.72. The maximum absolute atomic E-state index is 3.25. The van der Waals surface area contributed by atoms with Gasteiger partial charge >= 0.3 is 0 Å². The maximum atomic E-state index is 3.25. The zero-order valence-electron chi connectivity index (χ0n) is 4.57. The van der Waals surface area contributed by atoms with Gasteiger partial charge in [-0.05, 0) is 6.66 Å². The van der Waals surface area contributed by atoms with Gasteiger partial charge in [0.05, 0.1) is 0 Å². The molecule has 1 saturated heterocycles. The highest BCUT2D eigenvalue weighted by Gasteiger charge is 2.02. The molecule has 3 heteroatoms. The molecular formula is C4H11N2P. The first-order valence-corrected chi connectivity index (χ1v) is 4.65. The Morgan fingerprint density at radius 3 is 2.14 bits per heavy atom. The number of hydrogen-bond donors (Lipinski definition) is 2. The molecule has 1 aliphatic rings. The molecule has 1 aliphatic heterocycles. The number of rotatable bonds is 0. The summed E-state index contributed by atoms with van der Waals surface area (Å²) in [4.78, 5) is 0. The molecule has 0 spiro atoms. The molecule has 1 rings (SSSR count). The topological polar surface area (TPSA) is 24.1 Å². The van der Waals surface area contributed by atoms with Crippen molar-refractivity contribution in [2.45, 2.75) is 0 Å². The second-order valence-electron chi connectivity index (χ2n) is 1.85. The lowest BCUT2D eigenvalue weighted by Gasteiger charge is -2.19. The summed E-state index contributed by atoms with van der Waals surface area (Å²) in [5.74, 6) is 0. The molecular weight excluding hydrogens is 107 g/mol. The molecule has 1 heterocycles. The Morgan fingerprint density at radius 2 is 1.86 bits per heavy atom. The maximum Gasteiger partial charge on any atom is 0.0459 e. The van der Waals surface area contributed by atoms with Gasteiger partial charge < -0.3 is 10.6 Å². The van der Waals surface area contributed by atoms with Crippen LogP contribution in [0.1, 0.15) is 0 Å². The largest absolute Gasteiger partial charge is 0.301 e. The molecule has 0 aromatic carbocycles. The molecule has 42 valence electrons. The van der Waals surface area contributed by atoms with Crippen molar-refractivity contribution in [3.05, 3.63) is 0 Å². The summed E-state index contributed by atoms with van der Waals surface area (Å²) in [5.41, 5.74) is 0. The van der Waals surface area contributed by atoms with E-state index in [1.54, 1.807) is 0 Å². The first-order chi connectivity index (χ1) is 3.39. The molecule has 0 unspecified atom stereocenters. The molecule has 0 bridgehead atoms. The minimum absolute atomic E-state index is 0.286. The third-order valence-electron chi connectivity index (χ3n) is 1.01. The predicted molar refractivity (Wildman–Crippen MR) is 33.7 cm³/mol. The van der Waals surface area contributed by atoms with E-state index in [0.29, 0.717) is 0 Å². The van der Waals surface area contributed by atoms with E-state index < -0.39 is 0 Å². The Hall–Kier alpha value is 0.350. The van der Waals surface area contributed by atoms with E-state index in [1.165, 1.54) is 12.6 Å². The van der Waals surface area contributed by atoms with Crippen molar-refractivity contribution < 1.29 is 0 Å². The second-order valence-corrected chi connectivity index (χ2v) is 4.19. The summed E-state index contributed by atoms with van der Waals surface area (Å²) in [6.07, 6.45) is 2.48. The monoisotopic (exact) mass is 118 g/mol. The second kappa shape index (κ2) is 2.61. The lowest BCUT2D eigenvalue weighted by Crippen LogP contribution is -2.35. The van der Waals surface area contributed by atoms with Crippen molar-refractivity contribution >= 4 is 7.92 Å². The lowest BCUT2D eigenvalue weighted by atomic mass is 11.0. The normalized spacial score (nSPS) is 25.3. The highest BCUT2D eigenvalue weighted by molar-refractivity contribution is 7.56. The molecule has 0 radical (unpaired) electrons. The summed E-state index contributed by atoms with van der Waals surface area (Å²) in [5, 5.41) is 6.50. The Bertz CT molecular complexity index is 51.7. The van der Waals surface area contributed by atoms with Crippen LogP contribution in [0.3, 0.4) is 0 Å². The SMILES string of the molecule is CP1CNCNC1. The van der Waals surface area contributed by atoms with Crippen LogP contribution in [0, 0.1) is 0 Å². The smallest absolute Gasteiger partial charge is 0.0459 e. The zero-order valence-corrected chi connectivity index (χ0v) is 5.46. The molecule has 0 saturated carbocycles. The zero-order chi connectivity index (χ0) is 5.11. The van der Waals surface area contributed by atoms with Gasteiger partial charge in [-0.2, -0.15) is 0 Å². The first kappa shape index (κ1) is 5.49. The van der Waals surface area contributed by atoms with E-state index >= 15 is 0 Å². The molecule has 0 aliphatic carbocycles. The van der Waals surface area contributed by atoms with Crippen LogP contribution in [0.15, 0.2) is 0 Å². The van der Waals surface area contributed by atoms with E-state index in [9.17, 15) is 0 Å². The molecule has 2 nitrogen and oxygen atoms in total. The van der Waals surface area contributed by atoms with Crippen molar-refractivity contribution in [1.82, 2.24) is 10.6 Å². The van der Waals surface area contributed by atoms with Crippen molar-refractivity contribution in [2.24, 2.45) is 0 Å². The van der Waals surface area contributed by atoms with E-state index in [1.807, 2.05) is 0 Å². The molecule has 1 fully saturated rings. The minimum atomic E-state index is 0.286. The molecule has 7 heavy (non-hydrogen) atoms. The van der Waals surface area contributed by atoms with Gasteiger partial charge in [-0.3, -0.25) is 0 Å².